The quantitative estimate of drug-likeness (QED) is 0.415. The first-order valence-electron chi connectivity index (χ1n) is 4.63. The summed E-state index contributed by atoms with van der Waals surface area (Å²) in [5, 5.41) is 0. The maximum atomic E-state index is 10.9. The van der Waals surface area contributed by atoms with Crippen LogP contribution in [0.1, 0.15) is 26.7 Å². The topological polar surface area (TPSA) is 52.3 Å². The summed E-state index contributed by atoms with van der Waals surface area (Å²) in [7, 11) is 1.37. The summed E-state index contributed by atoms with van der Waals surface area (Å²) in [6.45, 7) is 7.57. The molecule has 0 saturated heterocycles. The lowest BCUT2D eigenvalue weighted by Crippen LogP contribution is -2.20. The molecule has 0 aliphatic heterocycles. The molecule has 1 unspecified atom stereocenters. The molecular weight excluding hydrogens is 178 g/mol. The molecule has 3 heteroatoms. The lowest BCUT2D eigenvalue weighted by molar-refractivity contribution is -0.134. The summed E-state index contributed by atoms with van der Waals surface area (Å²) in [6.07, 6.45) is 3.10. The van der Waals surface area contributed by atoms with Gasteiger partial charge in [0.05, 0.1) is 7.11 Å². The molecule has 0 fully saturated rings. The van der Waals surface area contributed by atoms with Crippen molar-refractivity contribution >= 4 is 5.97 Å². The van der Waals surface area contributed by atoms with Crippen molar-refractivity contribution < 1.29 is 9.53 Å². The molecule has 0 amide bonds. The molecule has 80 valence electrons. The molecule has 0 spiro atoms. The number of hydrogen-bond acceptors (Lipinski definition) is 3. The van der Waals surface area contributed by atoms with Gasteiger partial charge >= 0.3 is 5.97 Å². The molecule has 0 radical (unpaired) electrons. The summed E-state index contributed by atoms with van der Waals surface area (Å²) in [5.74, 6) is -0.314. The number of carbonyl (C=O) groups excluding carboxylic acids is 1. The van der Waals surface area contributed by atoms with E-state index >= 15 is 0 Å². The summed E-state index contributed by atoms with van der Waals surface area (Å²) in [4.78, 5) is 10.9. The molecule has 1 atom stereocenters. The van der Waals surface area contributed by atoms with Gasteiger partial charge in [-0.3, -0.25) is 0 Å². The first-order chi connectivity index (χ1) is 6.47. The molecule has 0 aromatic heterocycles. The van der Waals surface area contributed by atoms with Gasteiger partial charge in [-0.05, 0) is 26.7 Å². The van der Waals surface area contributed by atoms with Crippen LogP contribution >= 0.6 is 0 Å². The van der Waals surface area contributed by atoms with Crippen molar-refractivity contribution in [3.8, 4) is 0 Å². The molecular formula is C11H19NO2. The second-order valence-electron chi connectivity index (χ2n) is 3.51. The fraction of sp³-hybridized carbons (Fsp3) is 0.545. The van der Waals surface area contributed by atoms with Crippen LogP contribution in [0.2, 0.25) is 0 Å². The van der Waals surface area contributed by atoms with E-state index < -0.39 is 0 Å². The number of methoxy groups -OCH3 is 1. The smallest absolute Gasteiger partial charge is 0.330 e. The van der Waals surface area contributed by atoms with Gasteiger partial charge in [0.2, 0.25) is 0 Å². The Morgan fingerprint density at radius 1 is 1.57 bits per heavy atom. The maximum absolute atomic E-state index is 10.9. The van der Waals surface area contributed by atoms with Crippen molar-refractivity contribution in [2.24, 2.45) is 5.73 Å². The molecule has 0 rings (SSSR count). The Balaban J connectivity index is 3.96. The lowest BCUT2D eigenvalue weighted by atomic mass is 10.0. The standard InChI is InChI=1S/C11H19NO2/c1-8(2)10(12)6-5-9(3)7-11(13)14-4/h7,10H,1,5-6,12H2,2-4H3/b9-7+. The first-order valence-corrected chi connectivity index (χ1v) is 4.63. The van der Waals surface area contributed by atoms with E-state index in [1.54, 1.807) is 0 Å². The van der Waals surface area contributed by atoms with Crippen molar-refractivity contribution in [2.75, 3.05) is 7.11 Å². The number of hydrogen-bond donors (Lipinski definition) is 1. The van der Waals surface area contributed by atoms with Gasteiger partial charge in [-0.25, -0.2) is 4.79 Å². The minimum absolute atomic E-state index is 0.0102. The molecule has 3 nitrogen and oxygen atoms in total. The van der Waals surface area contributed by atoms with Crippen molar-refractivity contribution in [2.45, 2.75) is 32.7 Å². The monoisotopic (exact) mass is 197 g/mol. The molecule has 0 aromatic carbocycles. The second kappa shape index (κ2) is 6.38. The zero-order chi connectivity index (χ0) is 11.1. The van der Waals surface area contributed by atoms with Crippen molar-refractivity contribution in [1.29, 1.82) is 0 Å². The zero-order valence-electron chi connectivity index (χ0n) is 9.17. The van der Waals surface area contributed by atoms with E-state index in [9.17, 15) is 4.79 Å². The molecule has 2 N–H and O–H groups in total. The Kier molecular flexibility index (Phi) is 5.88. The maximum Gasteiger partial charge on any atom is 0.330 e. The third kappa shape index (κ3) is 5.54. The second-order valence-corrected chi connectivity index (χ2v) is 3.51. The highest BCUT2D eigenvalue weighted by Crippen LogP contribution is 2.09. The van der Waals surface area contributed by atoms with Crippen molar-refractivity contribution in [3.05, 3.63) is 23.8 Å². The van der Waals surface area contributed by atoms with Crippen molar-refractivity contribution in [3.63, 3.8) is 0 Å². The van der Waals surface area contributed by atoms with E-state index in [0.717, 1.165) is 24.0 Å². The number of rotatable bonds is 5. The minimum atomic E-state index is -0.314. The fourth-order valence-corrected chi connectivity index (χ4v) is 0.962. The van der Waals surface area contributed by atoms with E-state index in [-0.39, 0.29) is 12.0 Å². The first kappa shape index (κ1) is 12.9. The predicted octanol–water partition coefficient (Wildman–Crippen LogP) is 1.79. The number of allylic oxidation sites excluding steroid dienone is 1. The average Bonchev–Trinajstić information content (AvgIpc) is 2.13. The van der Waals surface area contributed by atoms with E-state index in [0.29, 0.717) is 0 Å². The molecule has 0 aliphatic rings. The highest BCUT2D eigenvalue weighted by Gasteiger charge is 2.03. The highest BCUT2D eigenvalue weighted by atomic mass is 16.5. The fourth-order valence-electron chi connectivity index (χ4n) is 0.962. The van der Waals surface area contributed by atoms with Crippen LogP contribution in [0.5, 0.6) is 0 Å². The SMILES string of the molecule is C=C(C)C(N)CC/C(C)=C/C(=O)OC. The van der Waals surface area contributed by atoms with Gasteiger partial charge in [0.15, 0.2) is 0 Å². The Morgan fingerprint density at radius 2 is 2.14 bits per heavy atom. The number of esters is 1. The summed E-state index contributed by atoms with van der Waals surface area (Å²) in [6, 6.07) is 0.0102. The van der Waals surface area contributed by atoms with E-state index in [2.05, 4.69) is 11.3 Å². The third-order valence-corrected chi connectivity index (χ3v) is 2.05. The van der Waals surface area contributed by atoms with Gasteiger partial charge in [0, 0.05) is 12.1 Å². The minimum Gasteiger partial charge on any atom is -0.466 e. The predicted molar refractivity (Wildman–Crippen MR) is 57.8 cm³/mol. The lowest BCUT2D eigenvalue weighted by Gasteiger charge is -2.10. The van der Waals surface area contributed by atoms with Crippen LogP contribution in [0.25, 0.3) is 0 Å². The number of ether oxygens (including phenoxy) is 1. The van der Waals surface area contributed by atoms with Crippen LogP contribution in [0.15, 0.2) is 23.8 Å². The Hall–Kier alpha value is -1.09. The van der Waals surface area contributed by atoms with Gasteiger partial charge in [-0.2, -0.15) is 0 Å². The van der Waals surface area contributed by atoms with Gasteiger partial charge in [-0.15, -0.1) is 0 Å². The van der Waals surface area contributed by atoms with Crippen LogP contribution in [0, 0.1) is 0 Å². The Bertz CT molecular complexity index is 244. The van der Waals surface area contributed by atoms with Crippen LogP contribution in [0.3, 0.4) is 0 Å². The largest absolute Gasteiger partial charge is 0.466 e. The third-order valence-electron chi connectivity index (χ3n) is 2.05. The summed E-state index contributed by atoms with van der Waals surface area (Å²) in [5.41, 5.74) is 7.73. The average molecular weight is 197 g/mol. The van der Waals surface area contributed by atoms with Gasteiger partial charge in [0.25, 0.3) is 0 Å². The highest BCUT2D eigenvalue weighted by molar-refractivity contribution is 5.82. The van der Waals surface area contributed by atoms with Crippen LogP contribution in [0.4, 0.5) is 0 Å². The van der Waals surface area contributed by atoms with E-state index in [4.69, 9.17) is 5.73 Å². The molecule has 0 aliphatic carbocycles. The van der Waals surface area contributed by atoms with Crippen LogP contribution in [-0.2, 0) is 9.53 Å². The number of nitrogens with two attached hydrogens (primary N) is 1. The van der Waals surface area contributed by atoms with E-state index in [1.807, 2.05) is 13.8 Å². The van der Waals surface area contributed by atoms with Crippen LogP contribution in [-0.4, -0.2) is 19.1 Å². The Labute approximate surface area is 85.6 Å². The van der Waals surface area contributed by atoms with E-state index in [1.165, 1.54) is 13.2 Å². The van der Waals surface area contributed by atoms with Gasteiger partial charge < -0.3 is 10.5 Å². The normalized spacial score (nSPS) is 13.6. The molecule has 0 heterocycles. The Morgan fingerprint density at radius 3 is 2.57 bits per heavy atom. The molecule has 14 heavy (non-hydrogen) atoms. The van der Waals surface area contributed by atoms with Gasteiger partial charge in [-0.1, -0.05) is 17.7 Å². The number of carbonyl (C=O) groups is 1. The van der Waals surface area contributed by atoms with Crippen molar-refractivity contribution in [1.82, 2.24) is 0 Å². The zero-order valence-corrected chi connectivity index (χ0v) is 9.17. The van der Waals surface area contributed by atoms with Crippen LogP contribution < -0.4 is 5.73 Å². The molecule has 0 aromatic rings. The van der Waals surface area contributed by atoms with Gasteiger partial charge in [0.1, 0.15) is 0 Å². The molecule has 0 saturated carbocycles. The molecule has 0 bridgehead atoms. The summed E-state index contributed by atoms with van der Waals surface area (Å²) < 4.78 is 4.51. The summed E-state index contributed by atoms with van der Waals surface area (Å²) >= 11 is 0.